The van der Waals surface area contributed by atoms with Crippen LogP contribution in [0, 0.1) is 13.8 Å². The van der Waals surface area contributed by atoms with Gasteiger partial charge in [-0.1, -0.05) is 96.1 Å². The third-order valence-corrected chi connectivity index (χ3v) is 7.93. The van der Waals surface area contributed by atoms with Crippen LogP contribution in [-0.4, -0.2) is 33.9 Å². The van der Waals surface area contributed by atoms with Gasteiger partial charge in [0.2, 0.25) is 0 Å². The zero-order chi connectivity index (χ0) is 35.3. The number of benzene rings is 4. The molecule has 0 fully saturated rings. The Bertz CT molecular complexity index is 1770. The molecular weight excluding hydrogens is 617 g/mol. The van der Waals surface area contributed by atoms with Gasteiger partial charge in [-0.05, 0) is 87.1 Å². The molecule has 6 rings (SSSR count). The van der Waals surface area contributed by atoms with E-state index in [0.717, 1.165) is 60.4 Å². The smallest absolute Gasteiger partial charge is 0.133 e. The largest absolute Gasteiger partial charge is 0.399 e. The first-order valence-corrected chi connectivity index (χ1v) is 16.8. The Kier molecular flexibility index (Phi) is 12.6. The van der Waals surface area contributed by atoms with E-state index in [-0.39, 0.29) is 0 Å². The Balaban J connectivity index is 0.000000194. The van der Waals surface area contributed by atoms with Crippen molar-refractivity contribution in [3.05, 3.63) is 167 Å². The van der Waals surface area contributed by atoms with Crippen LogP contribution in [-0.2, 0) is 26.2 Å². The number of anilines is 6. The maximum absolute atomic E-state index is 6.07. The van der Waals surface area contributed by atoms with Gasteiger partial charge in [0.15, 0.2) is 0 Å². The third-order valence-electron chi connectivity index (χ3n) is 7.93. The summed E-state index contributed by atoms with van der Waals surface area (Å²) >= 11 is 0. The minimum atomic E-state index is 0.528. The van der Waals surface area contributed by atoms with E-state index in [1.54, 1.807) is 0 Å². The molecule has 0 bridgehead atoms. The van der Waals surface area contributed by atoms with Gasteiger partial charge in [0, 0.05) is 49.3 Å². The monoisotopic (exact) mass is 664 g/mol. The molecule has 0 atom stereocenters. The molecule has 2 aromatic heterocycles. The first-order chi connectivity index (χ1) is 24.2. The number of nitrogen functional groups attached to an aromatic ring is 2. The van der Waals surface area contributed by atoms with Crippen LogP contribution in [0.15, 0.2) is 133 Å². The second kappa shape index (κ2) is 17.6. The number of rotatable bonds is 12. The van der Waals surface area contributed by atoms with E-state index in [1.807, 2.05) is 54.6 Å². The Morgan fingerprint density at radius 2 is 0.960 bits per heavy atom. The molecule has 8 nitrogen and oxygen atoms in total. The molecular formula is C42H48N8. The van der Waals surface area contributed by atoms with E-state index < -0.39 is 0 Å². The summed E-state index contributed by atoms with van der Waals surface area (Å²) in [5, 5.41) is 6.65. The average molecular weight is 665 g/mol. The first-order valence-electron chi connectivity index (χ1n) is 16.8. The van der Waals surface area contributed by atoms with Crippen molar-refractivity contribution in [3.63, 3.8) is 0 Å². The summed E-state index contributed by atoms with van der Waals surface area (Å²) in [6.07, 6.45) is 0. The highest BCUT2D eigenvalue weighted by Gasteiger charge is 2.08. The molecule has 0 aliphatic heterocycles. The van der Waals surface area contributed by atoms with Crippen molar-refractivity contribution in [2.24, 2.45) is 0 Å². The van der Waals surface area contributed by atoms with Gasteiger partial charge in [-0.25, -0.2) is 9.97 Å². The summed E-state index contributed by atoms with van der Waals surface area (Å²) in [7, 11) is 4.20. The summed E-state index contributed by atoms with van der Waals surface area (Å²) < 4.78 is 0. The van der Waals surface area contributed by atoms with Gasteiger partial charge in [0.1, 0.15) is 17.5 Å². The van der Waals surface area contributed by atoms with Crippen molar-refractivity contribution in [1.29, 1.82) is 0 Å². The van der Waals surface area contributed by atoms with Crippen molar-refractivity contribution in [2.75, 3.05) is 36.2 Å². The van der Waals surface area contributed by atoms with E-state index in [4.69, 9.17) is 16.5 Å². The SMILES string of the molecule is Cc1ccc(Nc2cc(CN(C)Cc3ccccc3)cc(N)n2)cc1.Cc1ccc(Nc2cc(N)cc(CN(C)Cc3ccccc3)n2)cc1. The second-order valence-electron chi connectivity index (χ2n) is 12.9. The lowest BCUT2D eigenvalue weighted by molar-refractivity contribution is 0.315. The molecule has 8 heteroatoms. The van der Waals surface area contributed by atoms with Gasteiger partial charge < -0.3 is 22.1 Å². The van der Waals surface area contributed by atoms with Crippen molar-refractivity contribution >= 4 is 34.5 Å². The Morgan fingerprint density at radius 1 is 0.500 bits per heavy atom. The van der Waals surface area contributed by atoms with E-state index in [9.17, 15) is 0 Å². The van der Waals surface area contributed by atoms with Gasteiger partial charge in [-0.15, -0.1) is 0 Å². The van der Waals surface area contributed by atoms with Crippen molar-refractivity contribution in [1.82, 2.24) is 19.8 Å². The first kappa shape index (κ1) is 35.6. The molecule has 0 aliphatic rings. The fourth-order valence-corrected chi connectivity index (χ4v) is 5.58. The standard InChI is InChI=1S/2C21H24N4/c1-16-8-10-19(11-9-16)23-21-13-18(22)12-20(24-21)15-25(2)14-17-6-4-3-5-7-17;1-16-8-10-19(11-9-16)23-21-13-18(12-20(22)24-21)15-25(2)14-17-6-4-3-5-7-17/h2*3-13H,14-15H2,1-2H3,(H3,22,23,24). The molecule has 50 heavy (non-hydrogen) atoms. The Labute approximate surface area is 296 Å². The van der Waals surface area contributed by atoms with Crippen LogP contribution < -0.4 is 22.1 Å². The lowest BCUT2D eigenvalue weighted by atomic mass is 10.2. The van der Waals surface area contributed by atoms with E-state index in [1.165, 1.54) is 22.3 Å². The van der Waals surface area contributed by atoms with Crippen LogP contribution in [0.2, 0.25) is 0 Å². The van der Waals surface area contributed by atoms with Crippen LogP contribution in [0.5, 0.6) is 0 Å². The lowest BCUT2D eigenvalue weighted by Gasteiger charge is -2.18. The molecule has 0 amide bonds. The number of hydrogen-bond acceptors (Lipinski definition) is 8. The van der Waals surface area contributed by atoms with E-state index in [2.05, 4.69) is 132 Å². The highest BCUT2D eigenvalue weighted by molar-refractivity contribution is 5.61. The number of nitrogens with two attached hydrogens (primary N) is 2. The number of nitrogens with one attached hydrogen (secondary N) is 2. The molecule has 6 aromatic rings. The van der Waals surface area contributed by atoms with Crippen LogP contribution >= 0.6 is 0 Å². The summed E-state index contributed by atoms with van der Waals surface area (Å²) in [4.78, 5) is 13.6. The van der Waals surface area contributed by atoms with Crippen molar-refractivity contribution < 1.29 is 0 Å². The van der Waals surface area contributed by atoms with E-state index in [0.29, 0.717) is 11.5 Å². The molecule has 0 saturated carbocycles. The molecule has 0 aliphatic carbocycles. The number of nitrogens with zero attached hydrogens (tertiary/aromatic N) is 4. The fourth-order valence-electron chi connectivity index (χ4n) is 5.58. The van der Waals surface area contributed by atoms with E-state index >= 15 is 0 Å². The summed E-state index contributed by atoms with van der Waals surface area (Å²) in [5.74, 6) is 2.07. The predicted octanol–water partition coefficient (Wildman–Crippen LogP) is 8.70. The van der Waals surface area contributed by atoms with Gasteiger partial charge >= 0.3 is 0 Å². The summed E-state index contributed by atoms with van der Waals surface area (Å²) in [5.41, 5.74) is 21.9. The predicted molar refractivity (Wildman–Crippen MR) is 209 cm³/mol. The topological polar surface area (TPSA) is 108 Å². The van der Waals surface area contributed by atoms with Gasteiger partial charge in [-0.3, -0.25) is 9.80 Å². The molecule has 6 N–H and O–H groups in total. The highest BCUT2D eigenvalue weighted by Crippen LogP contribution is 2.21. The molecule has 0 spiro atoms. The average Bonchev–Trinajstić information content (AvgIpc) is 3.07. The number of aromatic nitrogens is 2. The van der Waals surface area contributed by atoms with Crippen LogP contribution in [0.3, 0.4) is 0 Å². The van der Waals surface area contributed by atoms with Gasteiger partial charge in [0.25, 0.3) is 0 Å². The van der Waals surface area contributed by atoms with Gasteiger partial charge in [0.05, 0.1) is 5.69 Å². The Hall–Kier alpha value is -5.70. The fraction of sp³-hybridized carbons (Fsp3) is 0.190. The zero-order valence-electron chi connectivity index (χ0n) is 29.5. The van der Waals surface area contributed by atoms with Gasteiger partial charge in [-0.2, -0.15) is 0 Å². The quantitative estimate of drug-likeness (QED) is 0.103. The second-order valence-corrected chi connectivity index (χ2v) is 12.9. The molecule has 2 heterocycles. The molecule has 4 aromatic carbocycles. The molecule has 0 radical (unpaired) electrons. The summed E-state index contributed by atoms with van der Waals surface area (Å²) in [6, 6.07) is 45.1. The Morgan fingerprint density at radius 3 is 1.48 bits per heavy atom. The normalized spacial score (nSPS) is 10.8. The van der Waals surface area contributed by atoms with Crippen LogP contribution in [0.25, 0.3) is 0 Å². The summed E-state index contributed by atoms with van der Waals surface area (Å²) in [6.45, 7) is 7.46. The maximum atomic E-state index is 6.07. The number of hydrogen-bond donors (Lipinski definition) is 4. The van der Waals surface area contributed by atoms with Crippen molar-refractivity contribution in [3.8, 4) is 0 Å². The molecule has 0 saturated heterocycles. The van der Waals surface area contributed by atoms with Crippen LogP contribution in [0.1, 0.15) is 33.5 Å². The number of pyridine rings is 2. The van der Waals surface area contributed by atoms with Crippen molar-refractivity contribution in [2.45, 2.75) is 40.0 Å². The maximum Gasteiger partial charge on any atom is 0.133 e. The van der Waals surface area contributed by atoms with Crippen LogP contribution in [0.4, 0.5) is 34.5 Å². The minimum absolute atomic E-state index is 0.528. The highest BCUT2D eigenvalue weighted by atomic mass is 15.1. The third kappa shape index (κ3) is 11.8. The minimum Gasteiger partial charge on any atom is -0.399 e. The zero-order valence-corrected chi connectivity index (χ0v) is 29.5. The molecule has 0 unspecified atom stereocenters. The lowest BCUT2D eigenvalue weighted by Crippen LogP contribution is -2.18. The molecule has 256 valence electrons. The number of aryl methyl sites for hydroxylation is 2.